The molecule has 1 aromatic carbocycles. The average molecular weight is 307 g/mol. The first-order chi connectivity index (χ1) is 8.73. The summed E-state index contributed by atoms with van der Waals surface area (Å²) in [6, 6.07) is 5.27. The SMILES string of the molecule is CCN(CC)S(=O)(=O)NS(=O)(=O)c1ccc(N)cc1. The van der Waals surface area contributed by atoms with Crippen LogP contribution in [0, 0.1) is 0 Å². The van der Waals surface area contributed by atoms with Gasteiger partial charge in [0.25, 0.3) is 20.2 Å². The molecule has 1 rings (SSSR count). The highest BCUT2D eigenvalue weighted by Gasteiger charge is 2.26. The maximum atomic E-state index is 11.9. The van der Waals surface area contributed by atoms with Crippen molar-refractivity contribution < 1.29 is 16.8 Å². The molecule has 0 amide bonds. The maximum absolute atomic E-state index is 11.9. The van der Waals surface area contributed by atoms with Crippen LogP contribution in [0.2, 0.25) is 0 Å². The van der Waals surface area contributed by atoms with Gasteiger partial charge in [-0.1, -0.05) is 18.0 Å². The third-order valence-electron chi connectivity index (χ3n) is 2.45. The Balaban J connectivity index is 3.07. The largest absolute Gasteiger partial charge is 0.399 e. The van der Waals surface area contributed by atoms with Gasteiger partial charge in [-0.15, -0.1) is 0 Å². The molecule has 0 unspecified atom stereocenters. The number of rotatable bonds is 6. The van der Waals surface area contributed by atoms with Crippen LogP contribution in [0.5, 0.6) is 0 Å². The van der Waals surface area contributed by atoms with Gasteiger partial charge in [-0.25, -0.2) is 8.42 Å². The molecule has 0 fully saturated rings. The second kappa shape index (κ2) is 5.87. The normalized spacial score (nSPS) is 12.8. The summed E-state index contributed by atoms with van der Waals surface area (Å²) in [5.41, 5.74) is 5.84. The number of hydrogen-bond donors (Lipinski definition) is 2. The van der Waals surface area contributed by atoms with Gasteiger partial charge in [0.05, 0.1) is 4.90 Å². The lowest BCUT2D eigenvalue weighted by Crippen LogP contribution is -2.43. The number of benzene rings is 1. The predicted octanol–water partition coefficient (Wildman–Crippen LogP) is 0.134. The zero-order valence-electron chi connectivity index (χ0n) is 10.7. The van der Waals surface area contributed by atoms with Crippen LogP contribution in [0.4, 0.5) is 5.69 Å². The van der Waals surface area contributed by atoms with Crippen molar-refractivity contribution in [2.24, 2.45) is 0 Å². The van der Waals surface area contributed by atoms with Gasteiger partial charge < -0.3 is 5.73 Å². The molecular formula is C10H17N3O4S2. The molecule has 108 valence electrons. The van der Waals surface area contributed by atoms with Gasteiger partial charge in [0, 0.05) is 18.8 Å². The first kappa shape index (κ1) is 15.9. The van der Waals surface area contributed by atoms with Gasteiger partial charge >= 0.3 is 0 Å². The van der Waals surface area contributed by atoms with E-state index in [1.807, 2.05) is 0 Å². The summed E-state index contributed by atoms with van der Waals surface area (Å²) in [5.74, 6) is 0. The quantitative estimate of drug-likeness (QED) is 0.726. The molecular weight excluding hydrogens is 290 g/mol. The van der Waals surface area contributed by atoms with E-state index < -0.39 is 20.2 Å². The minimum absolute atomic E-state index is 0.155. The van der Waals surface area contributed by atoms with Crippen LogP contribution in [-0.2, 0) is 20.2 Å². The molecule has 9 heteroatoms. The summed E-state index contributed by atoms with van der Waals surface area (Å²) < 4.78 is 50.3. The van der Waals surface area contributed by atoms with Crippen molar-refractivity contribution in [3.8, 4) is 0 Å². The van der Waals surface area contributed by atoms with Crippen LogP contribution < -0.4 is 9.86 Å². The lowest BCUT2D eigenvalue weighted by Gasteiger charge is -2.18. The Labute approximate surface area is 113 Å². The Morgan fingerprint density at radius 2 is 1.53 bits per heavy atom. The van der Waals surface area contributed by atoms with Crippen molar-refractivity contribution in [1.29, 1.82) is 0 Å². The van der Waals surface area contributed by atoms with Gasteiger partial charge in [-0.3, -0.25) is 0 Å². The molecule has 7 nitrogen and oxygen atoms in total. The fourth-order valence-electron chi connectivity index (χ4n) is 1.45. The summed E-state index contributed by atoms with van der Waals surface area (Å²) in [7, 11) is -8.21. The first-order valence-corrected chi connectivity index (χ1v) is 8.54. The van der Waals surface area contributed by atoms with Crippen LogP contribution in [0.3, 0.4) is 0 Å². The summed E-state index contributed by atoms with van der Waals surface area (Å²) in [6.07, 6.45) is 0. The fourth-order valence-corrected chi connectivity index (χ4v) is 4.54. The van der Waals surface area contributed by atoms with Gasteiger partial charge in [0.1, 0.15) is 0 Å². The van der Waals surface area contributed by atoms with Crippen LogP contribution in [0.1, 0.15) is 13.8 Å². The second-order valence-corrected chi connectivity index (χ2v) is 7.36. The maximum Gasteiger partial charge on any atom is 0.292 e. The van der Waals surface area contributed by atoms with Gasteiger partial charge in [-0.2, -0.15) is 12.7 Å². The molecule has 0 spiro atoms. The smallest absolute Gasteiger partial charge is 0.292 e. The van der Waals surface area contributed by atoms with E-state index in [9.17, 15) is 16.8 Å². The Bertz CT molecular complexity index is 619. The predicted molar refractivity (Wildman–Crippen MR) is 73.0 cm³/mol. The highest BCUT2D eigenvalue weighted by Crippen LogP contribution is 2.13. The Morgan fingerprint density at radius 3 is 1.95 bits per heavy atom. The molecule has 0 aliphatic carbocycles. The molecule has 0 bridgehead atoms. The topological polar surface area (TPSA) is 110 Å². The molecule has 0 aliphatic heterocycles. The molecule has 0 saturated carbocycles. The van der Waals surface area contributed by atoms with Crippen molar-refractivity contribution in [1.82, 2.24) is 8.43 Å². The minimum atomic E-state index is -4.14. The molecule has 1 aromatic rings. The van der Waals surface area contributed by atoms with E-state index in [0.717, 1.165) is 4.31 Å². The van der Waals surface area contributed by atoms with E-state index in [4.69, 9.17) is 5.73 Å². The zero-order chi connectivity index (χ0) is 14.7. The van der Waals surface area contributed by atoms with Crippen molar-refractivity contribution >= 4 is 25.9 Å². The average Bonchev–Trinajstić information content (AvgIpc) is 2.29. The van der Waals surface area contributed by atoms with E-state index in [2.05, 4.69) is 0 Å². The molecule has 0 radical (unpaired) electrons. The summed E-state index contributed by atoms with van der Waals surface area (Å²) >= 11 is 0. The number of nitrogen functional groups attached to an aromatic ring is 1. The van der Waals surface area contributed by atoms with Crippen LogP contribution in [0.15, 0.2) is 29.2 Å². The summed E-state index contributed by atoms with van der Waals surface area (Å²) in [6.45, 7) is 3.61. The van der Waals surface area contributed by atoms with E-state index >= 15 is 0 Å². The monoisotopic (exact) mass is 307 g/mol. The standard InChI is InChI=1S/C10H17N3O4S2/c1-3-13(4-2)19(16,17)12-18(14,15)10-7-5-9(11)6-8-10/h5-8,12H,3-4,11H2,1-2H3. The van der Waals surface area contributed by atoms with Crippen LogP contribution in [-0.4, -0.2) is 34.2 Å². The molecule has 0 aromatic heterocycles. The third kappa shape index (κ3) is 3.90. The molecule has 0 heterocycles. The summed E-state index contributed by atoms with van der Waals surface area (Å²) in [4.78, 5) is -0.155. The summed E-state index contributed by atoms with van der Waals surface area (Å²) in [5, 5.41) is 0. The van der Waals surface area contributed by atoms with E-state index in [1.165, 1.54) is 24.3 Å². The molecule has 0 atom stereocenters. The zero-order valence-corrected chi connectivity index (χ0v) is 12.3. The number of anilines is 1. The van der Waals surface area contributed by atoms with Crippen molar-refractivity contribution in [2.45, 2.75) is 18.7 Å². The Kier molecular flexibility index (Phi) is 4.91. The van der Waals surface area contributed by atoms with Crippen molar-refractivity contribution in [2.75, 3.05) is 18.8 Å². The van der Waals surface area contributed by atoms with Crippen LogP contribution in [0.25, 0.3) is 0 Å². The minimum Gasteiger partial charge on any atom is -0.399 e. The highest BCUT2D eigenvalue weighted by atomic mass is 32.3. The second-order valence-electron chi connectivity index (χ2n) is 3.75. The molecule has 19 heavy (non-hydrogen) atoms. The lowest BCUT2D eigenvalue weighted by molar-refractivity contribution is 0.441. The van der Waals surface area contributed by atoms with E-state index in [0.29, 0.717) is 5.69 Å². The van der Waals surface area contributed by atoms with Crippen LogP contribution >= 0.6 is 0 Å². The molecule has 3 N–H and O–H groups in total. The van der Waals surface area contributed by atoms with Gasteiger partial charge in [0.15, 0.2) is 0 Å². The molecule has 0 saturated heterocycles. The highest BCUT2D eigenvalue weighted by molar-refractivity contribution is 8.03. The molecule has 0 aliphatic rings. The Hall–Kier alpha value is -1.16. The number of nitrogens with one attached hydrogen (secondary N) is 1. The van der Waals surface area contributed by atoms with Gasteiger partial charge in [0.2, 0.25) is 0 Å². The number of nitrogens with two attached hydrogens (primary N) is 1. The third-order valence-corrected chi connectivity index (χ3v) is 6.26. The number of hydrogen-bond acceptors (Lipinski definition) is 5. The van der Waals surface area contributed by atoms with Crippen molar-refractivity contribution in [3.63, 3.8) is 0 Å². The van der Waals surface area contributed by atoms with E-state index in [1.54, 1.807) is 18.0 Å². The Morgan fingerprint density at radius 1 is 1.05 bits per heavy atom. The van der Waals surface area contributed by atoms with E-state index in [-0.39, 0.29) is 18.0 Å². The van der Waals surface area contributed by atoms with Gasteiger partial charge in [-0.05, 0) is 24.3 Å². The lowest BCUT2D eigenvalue weighted by atomic mass is 10.3. The number of nitrogens with zero attached hydrogens (tertiary/aromatic N) is 1. The van der Waals surface area contributed by atoms with Crippen molar-refractivity contribution in [3.05, 3.63) is 24.3 Å². The first-order valence-electron chi connectivity index (χ1n) is 5.62. The fraction of sp³-hybridized carbons (Fsp3) is 0.400. The number of sulfonamides is 1.